The molecule has 2 aliphatic rings. The number of hydrogen-bond donors (Lipinski definition) is 4. The summed E-state index contributed by atoms with van der Waals surface area (Å²) in [4.78, 5) is 35.8. The second-order valence-corrected chi connectivity index (χ2v) is 8.38. The van der Waals surface area contributed by atoms with Crippen LogP contribution in [-0.4, -0.2) is 36.7 Å². The zero-order valence-electron chi connectivity index (χ0n) is 15.3. The van der Waals surface area contributed by atoms with E-state index in [4.69, 9.17) is 18.3 Å². The van der Waals surface area contributed by atoms with E-state index in [-0.39, 0.29) is 19.4 Å². The van der Waals surface area contributed by atoms with E-state index in [2.05, 4.69) is 4.98 Å². The monoisotopic (exact) mass is 427 g/mol. The number of aromatic nitrogens is 2. The number of nitrogens with zero attached hydrogens (tertiary/aromatic N) is 1. The summed E-state index contributed by atoms with van der Waals surface area (Å²) in [6.45, 7) is 1.74. The van der Waals surface area contributed by atoms with Crippen molar-refractivity contribution < 1.29 is 33.4 Å². The number of fused-ring (bicyclic) bond motifs is 1. The molecule has 0 saturated carbocycles. The molecule has 12 heteroatoms. The average molecular weight is 427 g/mol. The zero-order chi connectivity index (χ0) is 20.8. The van der Waals surface area contributed by atoms with Gasteiger partial charge in [-0.1, -0.05) is 22.7 Å². The van der Waals surface area contributed by atoms with Gasteiger partial charge in [0.15, 0.2) is 5.75 Å². The number of para-hydroxylation sites is 1. The number of rotatable bonds is 4. The van der Waals surface area contributed by atoms with Crippen molar-refractivity contribution in [2.45, 2.75) is 44.7 Å². The number of benzene rings is 1. The lowest BCUT2D eigenvalue weighted by Gasteiger charge is -2.29. The van der Waals surface area contributed by atoms with Crippen LogP contribution in [-0.2, 0) is 20.4 Å². The van der Waals surface area contributed by atoms with Crippen LogP contribution < -0.4 is 15.8 Å². The highest BCUT2D eigenvalue weighted by Gasteiger charge is 2.60. The molecule has 4 N–H and O–H groups in total. The first-order valence-corrected chi connectivity index (χ1v) is 10.3. The highest BCUT2D eigenvalue weighted by molar-refractivity contribution is 7.55. The fourth-order valence-electron chi connectivity index (χ4n) is 3.28. The molecule has 2 aromatic rings. The van der Waals surface area contributed by atoms with Gasteiger partial charge in [0.05, 0.1) is 0 Å². The topological polar surface area (TPSA) is 152 Å². The van der Waals surface area contributed by atoms with Crippen LogP contribution in [0.15, 0.2) is 40.1 Å². The summed E-state index contributed by atoms with van der Waals surface area (Å²) in [5.74, 6) is -2.58. The molecule has 1 saturated heterocycles. The molecule has 3 heterocycles. The van der Waals surface area contributed by atoms with Crippen molar-refractivity contribution in [1.29, 1.82) is 0 Å². The van der Waals surface area contributed by atoms with Gasteiger partial charge >= 0.3 is 19.8 Å². The van der Waals surface area contributed by atoms with E-state index in [0.29, 0.717) is 11.3 Å². The molecular weight excluding hydrogens is 407 g/mol. The Morgan fingerprint density at radius 3 is 2.83 bits per heavy atom. The Morgan fingerprint density at radius 1 is 1.28 bits per heavy atom. The summed E-state index contributed by atoms with van der Waals surface area (Å²) in [6, 6.07) is 6.48. The van der Waals surface area contributed by atoms with Crippen LogP contribution in [0.5, 0.6) is 5.75 Å². The molecule has 156 valence electrons. The van der Waals surface area contributed by atoms with Crippen molar-refractivity contribution in [3.8, 4) is 5.75 Å². The average Bonchev–Trinajstić information content (AvgIpc) is 3.13. The summed E-state index contributed by atoms with van der Waals surface area (Å²) in [5, 5.41) is 20.8. The van der Waals surface area contributed by atoms with Crippen LogP contribution in [0.2, 0.25) is 0 Å². The maximum Gasteiger partial charge on any atom is 0.625 e. The molecule has 3 unspecified atom stereocenters. The predicted molar refractivity (Wildman–Crippen MR) is 98.5 cm³/mol. The van der Waals surface area contributed by atoms with Crippen molar-refractivity contribution in [2.75, 3.05) is 0 Å². The van der Waals surface area contributed by atoms with Gasteiger partial charge in [0.2, 0.25) is 0 Å². The Hall–Kier alpha value is -2.11. The number of hydrogen-bond acceptors (Lipinski definition) is 9. The van der Waals surface area contributed by atoms with Gasteiger partial charge in [0, 0.05) is 17.8 Å². The highest BCUT2D eigenvalue weighted by Crippen LogP contribution is 2.64. The molecule has 3 atom stereocenters. The van der Waals surface area contributed by atoms with Gasteiger partial charge in [0.25, 0.3) is 5.56 Å². The van der Waals surface area contributed by atoms with Crippen LogP contribution >= 0.6 is 8.17 Å². The first kappa shape index (κ1) is 20.2. The third-order valence-electron chi connectivity index (χ3n) is 4.71. The maximum absolute atomic E-state index is 11.9. The van der Waals surface area contributed by atoms with Gasteiger partial charge < -0.3 is 14.9 Å². The number of aromatic amines is 1. The van der Waals surface area contributed by atoms with E-state index in [1.165, 1.54) is 6.20 Å². The molecule has 0 radical (unpaired) electrons. The first-order chi connectivity index (χ1) is 13.7. The van der Waals surface area contributed by atoms with E-state index in [1.807, 2.05) is 0 Å². The normalized spacial score (nSPS) is 26.8. The Kier molecular flexibility index (Phi) is 5.07. The molecule has 0 spiro atoms. The second-order valence-electron chi connectivity index (χ2n) is 6.82. The molecule has 11 nitrogen and oxygen atoms in total. The summed E-state index contributed by atoms with van der Waals surface area (Å²) in [5.41, 5.74) is 0.165. The quantitative estimate of drug-likeness (QED) is 0.403. The van der Waals surface area contributed by atoms with Crippen molar-refractivity contribution >= 4 is 8.17 Å². The number of nitrogens with one attached hydrogen (secondary N) is 1. The van der Waals surface area contributed by atoms with E-state index in [1.54, 1.807) is 25.1 Å². The van der Waals surface area contributed by atoms with Crippen molar-refractivity contribution in [1.82, 2.24) is 9.55 Å². The minimum atomic E-state index is -4.10. The van der Waals surface area contributed by atoms with E-state index in [9.17, 15) is 24.7 Å². The molecule has 2 aliphatic heterocycles. The predicted octanol–water partition coefficient (Wildman–Crippen LogP) is 0.457. The summed E-state index contributed by atoms with van der Waals surface area (Å²) in [7, 11) is -4.10. The lowest BCUT2D eigenvalue weighted by atomic mass is 10.1. The number of ether oxygens (including phenoxy) is 1. The van der Waals surface area contributed by atoms with E-state index in [0.717, 1.165) is 16.2 Å². The van der Waals surface area contributed by atoms with E-state index >= 15 is 0 Å². The van der Waals surface area contributed by atoms with Gasteiger partial charge in [0.1, 0.15) is 18.9 Å². The van der Waals surface area contributed by atoms with E-state index < -0.39 is 37.7 Å². The summed E-state index contributed by atoms with van der Waals surface area (Å²) < 4.78 is 22.4. The maximum atomic E-state index is 11.9. The SMILES string of the molecule is Cc1cccc2c1O[P+](O)(OC(O)(O)C1CCC(n3ccc(=O)[nH]c3=O)O1)OC2. The second kappa shape index (κ2) is 7.29. The Morgan fingerprint density at radius 2 is 2.07 bits per heavy atom. The fourth-order valence-corrected chi connectivity index (χ4v) is 4.67. The molecule has 0 aliphatic carbocycles. The molecule has 1 fully saturated rings. The van der Waals surface area contributed by atoms with Crippen LogP contribution in [0.25, 0.3) is 0 Å². The smallest absolute Gasteiger partial charge is 0.346 e. The summed E-state index contributed by atoms with van der Waals surface area (Å²) in [6.07, 6.45) is -0.571. The van der Waals surface area contributed by atoms with Crippen LogP contribution in [0.1, 0.15) is 30.2 Å². The van der Waals surface area contributed by atoms with Crippen molar-refractivity contribution in [3.05, 3.63) is 62.4 Å². The molecule has 1 aromatic heterocycles. The molecule has 4 rings (SSSR count). The van der Waals surface area contributed by atoms with Crippen molar-refractivity contribution in [3.63, 3.8) is 0 Å². The molecule has 29 heavy (non-hydrogen) atoms. The fraction of sp³-hybridized carbons (Fsp3) is 0.412. The van der Waals surface area contributed by atoms with Crippen molar-refractivity contribution in [2.24, 2.45) is 0 Å². The summed E-state index contributed by atoms with van der Waals surface area (Å²) >= 11 is 0. The lowest BCUT2D eigenvalue weighted by Crippen LogP contribution is -2.45. The van der Waals surface area contributed by atoms with Crippen LogP contribution in [0, 0.1) is 6.92 Å². The van der Waals surface area contributed by atoms with Gasteiger partial charge in [-0.3, -0.25) is 18.9 Å². The molecule has 0 bridgehead atoms. The van der Waals surface area contributed by atoms with Gasteiger partial charge in [-0.05, 0) is 25.3 Å². The number of H-pyrrole nitrogens is 1. The first-order valence-electron chi connectivity index (χ1n) is 8.84. The third kappa shape index (κ3) is 3.99. The minimum absolute atomic E-state index is 0.0295. The standard InChI is InChI=1S/C17H19N2O9P/c1-10-3-2-4-11-9-25-29(24,27-15(10)11)28-17(22,23)12-5-6-14(26-12)19-8-7-13(20)18-16(19)21/h2-4,7-8,12,14,22-24H,5-6,9H2,1H3/p+1. The van der Waals surface area contributed by atoms with Gasteiger partial charge in [-0.25, -0.2) is 4.79 Å². The zero-order valence-corrected chi connectivity index (χ0v) is 16.2. The largest absolute Gasteiger partial charge is 0.625 e. The molecular formula is C17H20N2O9P+. The Bertz CT molecular complexity index is 1040. The number of aryl methyl sites for hydroxylation is 1. The highest BCUT2D eigenvalue weighted by atomic mass is 31.2. The molecule has 0 amide bonds. The van der Waals surface area contributed by atoms with Gasteiger partial charge in [-0.2, -0.15) is 4.89 Å². The minimum Gasteiger partial charge on any atom is -0.346 e. The number of aliphatic hydroxyl groups is 2. The lowest BCUT2D eigenvalue weighted by molar-refractivity contribution is -0.351. The Balaban J connectivity index is 1.48. The molecule has 1 aromatic carbocycles. The Labute approximate surface area is 164 Å². The van der Waals surface area contributed by atoms with Crippen LogP contribution in [0.4, 0.5) is 0 Å². The third-order valence-corrected chi connectivity index (χ3v) is 6.08. The van der Waals surface area contributed by atoms with Crippen LogP contribution in [0.3, 0.4) is 0 Å². The van der Waals surface area contributed by atoms with Gasteiger partial charge in [-0.15, -0.1) is 4.52 Å².